The summed E-state index contributed by atoms with van der Waals surface area (Å²) in [5.74, 6) is 0. The second kappa shape index (κ2) is 5.11. The van der Waals surface area contributed by atoms with Gasteiger partial charge in [0.25, 0.3) is 0 Å². The number of carbonyl (C=O) groups is 2. The molecule has 0 heterocycles. The van der Waals surface area contributed by atoms with Crippen LogP contribution >= 0.6 is 0 Å². The van der Waals surface area contributed by atoms with Crippen molar-refractivity contribution >= 4 is 18.1 Å². The number of anilines is 1. The number of nitrogens with one attached hydrogen (secondary N) is 1. The maximum Gasteiger partial charge on any atom is 0.409 e. The van der Waals surface area contributed by atoms with Crippen LogP contribution in [0.15, 0.2) is 24.3 Å². The van der Waals surface area contributed by atoms with E-state index in [1.54, 1.807) is 24.3 Å². The zero-order valence-corrected chi connectivity index (χ0v) is 8.01. The van der Waals surface area contributed by atoms with Crippen LogP contribution < -0.4 is 11.1 Å². The summed E-state index contributed by atoms with van der Waals surface area (Å²) in [6.45, 7) is 0. The van der Waals surface area contributed by atoms with Crippen molar-refractivity contribution in [3.8, 4) is 0 Å². The topological polar surface area (TPSA) is 92.4 Å². The molecule has 0 aromatic heterocycles. The van der Waals surface area contributed by atoms with Crippen LogP contribution in [0, 0.1) is 0 Å². The lowest BCUT2D eigenvalue weighted by atomic mass is 10.1. The summed E-state index contributed by atoms with van der Waals surface area (Å²) in [5.41, 5.74) is 6.83. The molecule has 1 unspecified atom stereocenters. The van der Waals surface area contributed by atoms with Gasteiger partial charge in [0.2, 0.25) is 0 Å². The van der Waals surface area contributed by atoms with Crippen LogP contribution in [0.3, 0.4) is 0 Å². The normalized spacial score (nSPS) is 11.8. The second-order valence-corrected chi connectivity index (χ2v) is 3.13. The smallest absolute Gasteiger partial charge is 0.409 e. The summed E-state index contributed by atoms with van der Waals surface area (Å²) in [7, 11) is 0. The Balaban J connectivity index is 2.63. The molecule has 4 N–H and O–H groups in total. The molecule has 0 radical (unpaired) electrons. The lowest BCUT2D eigenvalue weighted by Gasteiger charge is -2.05. The molecular weight excluding hydrogens is 196 g/mol. The SMILES string of the molecule is NC(C=O)Cc1ccc(NC(=O)O)cc1. The third-order valence-electron chi connectivity index (χ3n) is 1.85. The number of hydrogen-bond donors (Lipinski definition) is 3. The highest BCUT2D eigenvalue weighted by atomic mass is 16.4. The van der Waals surface area contributed by atoms with Crippen LogP contribution in [-0.2, 0) is 11.2 Å². The Bertz CT molecular complexity index is 348. The molecule has 5 heteroatoms. The molecule has 15 heavy (non-hydrogen) atoms. The molecule has 1 aromatic carbocycles. The van der Waals surface area contributed by atoms with Gasteiger partial charge in [0.05, 0.1) is 6.04 Å². The molecule has 0 saturated heterocycles. The summed E-state index contributed by atoms with van der Waals surface area (Å²) < 4.78 is 0. The zero-order chi connectivity index (χ0) is 11.3. The van der Waals surface area contributed by atoms with E-state index in [0.717, 1.165) is 5.56 Å². The number of rotatable bonds is 4. The third-order valence-corrected chi connectivity index (χ3v) is 1.85. The number of carbonyl (C=O) groups excluding carboxylic acids is 1. The fraction of sp³-hybridized carbons (Fsp3) is 0.200. The van der Waals surface area contributed by atoms with Gasteiger partial charge >= 0.3 is 6.09 Å². The van der Waals surface area contributed by atoms with E-state index in [1.807, 2.05) is 0 Å². The lowest BCUT2D eigenvalue weighted by molar-refractivity contribution is -0.108. The fourth-order valence-corrected chi connectivity index (χ4v) is 1.17. The maximum atomic E-state index is 10.3. The highest BCUT2D eigenvalue weighted by Crippen LogP contribution is 2.10. The minimum atomic E-state index is -1.10. The Labute approximate surface area is 86.9 Å². The Morgan fingerprint density at radius 1 is 1.47 bits per heavy atom. The minimum Gasteiger partial charge on any atom is -0.465 e. The summed E-state index contributed by atoms with van der Waals surface area (Å²) in [5, 5.41) is 10.7. The number of benzene rings is 1. The molecule has 0 aliphatic rings. The van der Waals surface area contributed by atoms with Crippen LogP contribution in [-0.4, -0.2) is 23.5 Å². The average Bonchev–Trinajstić information content (AvgIpc) is 2.20. The Hall–Kier alpha value is -1.88. The first-order valence-electron chi connectivity index (χ1n) is 4.41. The lowest BCUT2D eigenvalue weighted by Crippen LogP contribution is -2.24. The fourth-order valence-electron chi connectivity index (χ4n) is 1.17. The number of nitrogens with two attached hydrogens (primary N) is 1. The van der Waals surface area contributed by atoms with Crippen LogP contribution in [0.5, 0.6) is 0 Å². The molecule has 1 rings (SSSR count). The van der Waals surface area contributed by atoms with Gasteiger partial charge in [-0.25, -0.2) is 4.79 Å². The molecule has 5 nitrogen and oxygen atoms in total. The Kier molecular flexibility index (Phi) is 3.82. The summed E-state index contributed by atoms with van der Waals surface area (Å²) in [4.78, 5) is 20.6. The van der Waals surface area contributed by atoms with Crippen molar-refractivity contribution in [3.63, 3.8) is 0 Å². The molecule has 1 atom stereocenters. The van der Waals surface area contributed by atoms with Gasteiger partial charge in [-0.2, -0.15) is 0 Å². The summed E-state index contributed by atoms with van der Waals surface area (Å²) >= 11 is 0. The van der Waals surface area contributed by atoms with Crippen LogP contribution in [0.2, 0.25) is 0 Å². The molecule has 0 saturated carbocycles. The molecule has 0 aliphatic carbocycles. The van der Waals surface area contributed by atoms with E-state index < -0.39 is 12.1 Å². The van der Waals surface area contributed by atoms with Gasteiger partial charge in [-0.15, -0.1) is 0 Å². The van der Waals surface area contributed by atoms with Gasteiger partial charge in [-0.05, 0) is 24.1 Å². The maximum absolute atomic E-state index is 10.3. The first-order chi connectivity index (χ1) is 7.11. The number of amides is 1. The largest absolute Gasteiger partial charge is 0.465 e. The van der Waals surface area contributed by atoms with Gasteiger partial charge in [-0.1, -0.05) is 12.1 Å². The molecule has 80 valence electrons. The predicted molar refractivity (Wildman–Crippen MR) is 55.8 cm³/mol. The first kappa shape index (κ1) is 11.2. The van der Waals surface area contributed by atoms with E-state index in [4.69, 9.17) is 10.8 Å². The van der Waals surface area contributed by atoms with Gasteiger partial charge in [0.1, 0.15) is 6.29 Å². The van der Waals surface area contributed by atoms with Gasteiger partial charge in [0.15, 0.2) is 0 Å². The molecule has 0 aliphatic heterocycles. The van der Waals surface area contributed by atoms with E-state index in [1.165, 1.54) is 0 Å². The average molecular weight is 208 g/mol. The van der Waals surface area contributed by atoms with Gasteiger partial charge in [0, 0.05) is 5.69 Å². The molecule has 1 amide bonds. The highest BCUT2D eigenvalue weighted by molar-refractivity contribution is 5.82. The number of hydrogen-bond acceptors (Lipinski definition) is 3. The van der Waals surface area contributed by atoms with Crippen molar-refractivity contribution in [2.45, 2.75) is 12.5 Å². The van der Waals surface area contributed by atoms with E-state index >= 15 is 0 Å². The molecule has 0 spiro atoms. The van der Waals surface area contributed by atoms with Gasteiger partial charge in [-0.3, -0.25) is 5.32 Å². The summed E-state index contributed by atoms with van der Waals surface area (Å²) in [6, 6.07) is 6.20. The monoisotopic (exact) mass is 208 g/mol. The minimum absolute atomic E-state index is 0.455. The van der Waals surface area contributed by atoms with E-state index in [9.17, 15) is 9.59 Å². The second-order valence-electron chi connectivity index (χ2n) is 3.13. The van der Waals surface area contributed by atoms with Gasteiger partial charge < -0.3 is 15.6 Å². The predicted octanol–water partition coefficient (Wildman–Crippen LogP) is 0.845. The van der Waals surface area contributed by atoms with Crippen molar-refractivity contribution < 1.29 is 14.7 Å². The molecule has 0 bridgehead atoms. The molecule has 1 aromatic rings. The number of aldehydes is 1. The molecule has 0 fully saturated rings. The number of carboxylic acid groups (broad SMARTS) is 1. The summed E-state index contributed by atoms with van der Waals surface area (Å²) in [6.07, 6.45) is 0.0348. The van der Waals surface area contributed by atoms with Crippen molar-refractivity contribution in [2.24, 2.45) is 5.73 Å². The van der Waals surface area contributed by atoms with Crippen molar-refractivity contribution in [1.29, 1.82) is 0 Å². The first-order valence-corrected chi connectivity index (χ1v) is 4.41. The van der Waals surface area contributed by atoms with Crippen LogP contribution in [0.25, 0.3) is 0 Å². The van der Waals surface area contributed by atoms with Crippen molar-refractivity contribution in [3.05, 3.63) is 29.8 Å². The standard InChI is InChI=1S/C10H12N2O3/c11-8(6-13)5-7-1-3-9(4-2-7)12-10(14)15/h1-4,6,8,12H,5,11H2,(H,14,15). The van der Waals surface area contributed by atoms with E-state index in [2.05, 4.69) is 5.32 Å². The van der Waals surface area contributed by atoms with Crippen LogP contribution in [0.1, 0.15) is 5.56 Å². The third kappa shape index (κ3) is 3.78. The zero-order valence-electron chi connectivity index (χ0n) is 8.01. The molecular formula is C10H12N2O3. The van der Waals surface area contributed by atoms with Crippen molar-refractivity contribution in [2.75, 3.05) is 5.32 Å². The van der Waals surface area contributed by atoms with Crippen molar-refractivity contribution in [1.82, 2.24) is 0 Å². The van der Waals surface area contributed by atoms with E-state index in [0.29, 0.717) is 18.4 Å². The Morgan fingerprint density at radius 3 is 2.53 bits per heavy atom. The Morgan fingerprint density at radius 2 is 2.07 bits per heavy atom. The van der Waals surface area contributed by atoms with Crippen LogP contribution in [0.4, 0.5) is 10.5 Å². The van der Waals surface area contributed by atoms with E-state index in [-0.39, 0.29) is 0 Å². The quantitative estimate of drug-likeness (QED) is 0.639. The highest BCUT2D eigenvalue weighted by Gasteiger charge is 2.02.